The first-order valence-electron chi connectivity index (χ1n) is 9.74. The first-order valence-corrected chi connectivity index (χ1v) is 9.74. The monoisotopic (exact) mass is 393 g/mol. The first kappa shape index (κ1) is 18.1. The van der Waals surface area contributed by atoms with Gasteiger partial charge in [0.05, 0.1) is 5.69 Å². The number of hydrogen-bond acceptors (Lipinski definition) is 5. The molecule has 0 bridgehead atoms. The Labute approximate surface area is 167 Å². The lowest BCUT2D eigenvalue weighted by molar-refractivity contribution is 0.273. The Balaban J connectivity index is 1.35. The van der Waals surface area contributed by atoms with Gasteiger partial charge in [-0.25, -0.2) is 28.7 Å². The number of rotatable bonds is 4. The van der Waals surface area contributed by atoms with Crippen LogP contribution in [-0.4, -0.2) is 33.0 Å². The quantitative estimate of drug-likeness (QED) is 0.660. The SMILES string of the molecule is CC1(C)CN(c2cc([C@H]3C[C@H]3c3cnc(-c4ncccn4)nc3)cc(F)c2F)C1. The summed E-state index contributed by atoms with van der Waals surface area (Å²) < 4.78 is 28.6. The van der Waals surface area contributed by atoms with Crippen LogP contribution in [0.5, 0.6) is 0 Å². The van der Waals surface area contributed by atoms with Gasteiger partial charge in [0.2, 0.25) is 0 Å². The highest BCUT2D eigenvalue weighted by Crippen LogP contribution is 2.55. The van der Waals surface area contributed by atoms with Crippen molar-refractivity contribution in [2.75, 3.05) is 18.0 Å². The molecule has 1 aromatic carbocycles. The minimum Gasteiger partial charge on any atom is -0.368 e. The zero-order valence-corrected chi connectivity index (χ0v) is 16.3. The average Bonchev–Trinajstić information content (AvgIpc) is 3.50. The van der Waals surface area contributed by atoms with Crippen LogP contribution in [0.25, 0.3) is 11.6 Å². The fourth-order valence-corrected chi connectivity index (χ4v) is 4.19. The van der Waals surface area contributed by atoms with Crippen molar-refractivity contribution in [1.29, 1.82) is 0 Å². The predicted octanol–water partition coefficient (Wildman–Crippen LogP) is 4.33. The minimum atomic E-state index is -0.777. The largest absolute Gasteiger partial charge is 0.368 e. The minimum absolute atomic E-state index is 0.141. The lowest BCUT2D eigenvalue weighted by Gasteiger charge is -2.47. The van der Waals surface area contributed by atoms with Gasteiger partial charge in [0, 0.05) is 37.9 Å². The number of benzene rings is 1. The average molecular weight is 393 g/mol. The lowest BCUT2D eigenvalue weighted by atomic mass is 9.84. The molecular formula is C22H21F2N5. The molecule has 2 aromatic heterocycles. The van der Waals surface area contributed by atoms with Crippen LogP contribution >= 0.6 is 0 Å². The van der Waals surface area contributed by atoms with Gasteiger partial charge in [0.15, 0.2) is 23.3 Å². The van der Waals surface area contributed by atoms with Crippen LogP contribution in [0.2, 0.25) is 0 Å². The summed E-state index contributed by atoms with van der Waals surface area (Å²) in [4.78, 5) is 19.0. The van der Waals surface area contributed by atoms with Crippen molar-refractivity contribution in [2.45, 2.75) is 32.1 Å². The Morgan fingerprint density at radius 3 is 2.17 bits per heavy atom. The third-order valence-corrected chi connectivity index (χ3v) is 5.69. The number of nitrogens with zero attached hydrogens (tertiary/aromatic N) is 5. The maximum Gasteiger partial charge on any atom is 0.197 e. The molecule has 1 saturated carbocycles. The third kappa shape index (κ3) is 3.34. The molecule has 1 saturated heterocycles. The second-order valence-corrected chi connectivity index (χ2v) is 8.72. The molecule has 1 aliphatic heterocycles. The second kappa shape index (κ2) is 6.54. The number of anilines is 1. The van der Waals surface area contributed by atoms with Crippen LogP contribution in [0.3, 0.4) is 0 Å². The van der Waals surface area contributed by atoms with E-state index in [2.05, 4.69) is 33.8 Å². The van der Waals surface area contributed by atoms with Gasteiger partial charge in [0.25, 0.3) is 0 Å². The van der Waals surface area contributed by atoms with Crippen LogP contribution in [0.4, 0.5) is 14.5 Å². The van der Waals surface area contributed by atoms with E-state index < -0.39 is 11.6 Å². The molecule has 2 aliphatic rings. The van der Waals surface area contributed by atoms with Crippen molar-refractivity contribution < 1.29 is 8.78 Å². The van der Waals surface area contributed by atoms with E-state index in [4.69, 9.17) is 0 Å². The van der Waals surface area contributed by atoms with Gasteiger partial charge in [-0.2, -0.15) is 0 Å². The molecule has 1 aliphatic carbocycles. The number of hydrogen-bond donors (Lipinski definition) is 0. The molecule has 29 heavy (non-hydrogen) atoms. The van der Waals surface area contributed by atoms with E-state index in [1.54, 1.807) is 30.9 Å². The van der Waals surface area contributed by atoms with E-state index in [0.717, 1.165) is 30.6 Å². The second-order valence-electron chi connectivity index (χ2n) is 8.72. The fourth-order valence-electron chi connectivity index (χ4n) is 4.19. The maximum atomic E-state index is 14.4. The Morgan fingerprint density at radius 1 is 0.897 bits per heavy atom. The normalized spacial score (nSPS) is 22.3. The molecule has 0 N–H and O–H groups in total. The van der Waals surface area contributed by atoms with Gasteiger partial charge in [-0.1, -0.05) is 13.8 Å². The fraction of sp³-hybridized carbons (Fsp3) is 0.364. The van der Waals surface area contributed by atoms with E-state index >= 15 is 0 Å². The summed E-state index contributed by atoms with van der Waals surface area (Å²) in [5.41, 5.74) is 2.34. The molecule has 5 nitrogen and oxygen atoms in total. The summed E-state index contributed by atoms with van der Waals surface area (Å²) in [6, 6.07) is 4.89. The van der Waals surface area contributed by atoms with Crippen LogP contribution in [0, 0.1) is 17.0 Å². The molecular weight excluding hydrogens is 372 g/mol. The Morgan fingerprint density at radius 2 is 1.52 bits per heavy atom. The van der Waals surface area contributed by atoms with Crippen LogP contribution in [0.15, 0.2) is 43.0 Å². The van der Waals surface area contributed by atoms with Crippen molar-refractivity contribution in [2.24, 2.45) is 5.41 Å². The van der Waals surface area contributed by atoms with Crippen molar-refractivity contribution in [3.63, 3.8) is 0 Å². The van der Waals surface area contributed by atoms with Crippen LogP contribution < -0.4 is 4.90 Å². The van der Waals surface area contributed by atoms with Crippen molar-refractivity contribution in [3.05, 3.63) is 65.7 Å². The molecule has 5 rings (SSSR count). The summed E-state index contributed by atoms with van der Waals surface area (Å²) in [6.45, 7) is 5.72. The maximum absolute atomic E-state index is 14.4. The van der Waals surface area contributed by atoms with E-state index in [0.29, 0.717) is 17.3 Å². The Kier molecular flexibility index (Phi) is 4.08. The van der Waals surface area contributed by atoms with Gasteiger partial charge in [-0.3, -0.25) is 0 Å². The van der Waals surface area contributed by atoms with E-state index in [1.165, 1.54) is 6.07 Å². The number of aromatic nitrogens is 4. The van der Waals surface area contributed by atoms with Crippen LogP contribution in [-0.2, 0) is 0 Å². The van der Waals surface area contributed by atoms with Gasteiger partial charge >= 0.3 is 0 Å². The standard InChI is InChI=1S/C22H21F2N5/c1-22(2)11-29(12-22)18-7-13(6-17(23)19(18)24)15-8-16(15)14-9-27-21(28-10-14)20-25-4-3-5-26-20/h3-7,9-10,15-16H,8,11-12H2,1-2H3/t15-,16+/m1/s1. The Bertz CT molecular complexity index is 1040. The predicted molar refractivity (Wildman–Crippen MR) is 106 cm³/mol. The molecule has 3 heterocycles. The summed E-state index contributed by atoms with van der Waals surface area (Å²) in [5, 5.41) is 0. The highest BCUT2D eigenvalue weighted by atomic mass is 19.2. The molecule has 0 spiro atoms. The summed E-state index contributed by atoms with van der Waals surface area (Å²) >= 11 is 0. The van der Waals surface area contributed by atoms with Crippen LogP contribution in [0.1, 0.15) is 43.2 Å². The molecule has 0 unspecified atom stereocenters. The number of halogens is 2. The smallest absolute Gasteiger partial charge is 0.197 e. The topological polar surface area (TPSA) is 54.8 Å². The van der Waals surface area contributed by atoms with Gasteiger partial charge in [-0.05, 0) is 53.0 Å². The van der Waals surface area contributed by atoms with Crippen molar-refractivity contribution in [3.8, 4) is 11.6 Å². The lowest BCUT2D eigenvalue weighted by Crippen LogP contribution is -2.53. The van der Waals surface area contributed by atoms with E-state index in [9.17, 15) is 8.78 Å². The third-order valence-electron chi connectivity index (χ3n) is 5.69. The van der Waals surface area contributed by atoms with E-state index in [-0.39, 0.29) is 17.3 Å². The van der Waals surface area contributed by atoms with Gasteiger partial charge < -0.3 is 4.90 Å². The summed E-state index contributed by atoms with van der Waals surface area (Å²) in [5.74, 6) is -0.208. The molecule has 0 radical (unpaired) electrons. The van der Waals surface area contributed by atoms with E-state index in [1.807, 2.05) is 11.0 Å². The molecule has 0 amide bonds. The summed E-state index contributed by atoms with van der Waals surface area (Å²) in [6.07, 6.45) is 7.73. The molecule has 7 heteroatoms. The Hall–Kier alpha value is -2.96. The highest BCUT2D eigenvalue weighted by molar-refractivity contribution is 5.55. The molecule has 3 aromatic rings. The molecule has 148 valence electrons. The first-order chi connectivity index (χ1) is 13.9. The highest BCUT2D eigenvalue weighted by Gasteiger charge is 2.42. The van der Waals surface area contributed by atoms with Crippen molar-refractivity contribution >= 4 is 5.69 Å². The van der Waals surface area contributed by atoms with Gasteiger partial charge in [-0.15, -0.1) is 0 Å². The zero-order chi connectivity index (χ0) is 20.2. The zero-order valence-electron chi connectivity index (χ0n) is 16.3. The van der Waals surface area contributed by atoms with Gasteiger partial charge in [0.1, 0.15) is 0 Å². The molecule has 2 atom stereocenters. The van der Waals surface area contributed by atoms with Crippen molar-refractivity contribution in [1.82, 2.24) is 19.9 Å². The summed E-state index contributed by atoms with van der Waals surface area (Å²) in [7, 11) is 0. The molecule has 2 fully saturated rings.